The van der Waals surface area contributed by atoms with Crippen LogP contribution < -0.4 is 14.9 Å². The lowest BCUT2D eigenvalue weighted by molar-refractivity contribution is 0.0956. The minimum atomic E-state index is -0.329. The molecule has 0 spiro atoms. The summed E-state index contributed by atoms with van der Waals surface area (Å²) in [5, 5.41) is 5.62. The zero-order valence-corrected chi connectivity index (χ0v) is 23.8. The van der Waals surface area contributed by atoms with E-state index in [0.717, 1.165) is 36.9 Å². The number of carbonyl (C=O) groups excluding carboxylic acids is 1. The van der Waals surface area contributed by atoms with Crippen molar-refractivity contribution in [3.8, 4) is 22.8 Å². The van der Waals surface area contributed by atoms with Crippen LogP contribution in [0.4, 0.5) is 0 Å². The first-order valence-electron chi connectivity index (χ1n) is 12.0. The van der Waals surface area contributed by atoms with Gasteiger partial charge in [0.2, 0.25) is 0 Å². The second kappa shape index (κ2) is 12.3. The number of ether oxygens (including phenoxy) is 2. The maximum absolute atomic E-state index is 13.2. The average molecular weight is 648 g/mol. The van der Waals surface area contributed by atoms with Crippen molar-refractivity contribution < 1.29 is 14.3 Å². The summed E-state index contributed by atoms with van der Waals surface area (Å²) in [6, 6.07) is 30.3. The quantitative estimate of drug-likeness (QED) is 0.108. The number of para-hydroxylation sites is 1. The normalized spacial score (nSPS) is 11.1. The number of methoxy groups -OCH3 is 1. The first-order chi connectivity index (χ1) is 19.0. The molecular weight excluding hydrogens is 625 g/mol. The molecule has 0 saturated carbocycles. The molecule has 1 heterocycles. The summed E-state index contributed by atoms with van der Waals surface area (Å²) < 4.78 is 12.4. The molecule has 0 aliphatic heterocycles. The molecule has 5 rings (SSSR count). The molecular formula is C31H23ClIN3O3. The van der Waals surface area contributed by atoms with E-state index in [1.54, 1.807) is 25.5 Å². The predicted molar refractivity (Wildman–Crippen MR) is 164 cm³/mol. The number of benzene rings is 4. The van der Waals surface area contributed by atoms with Gasteiger partial charge in [-0.05, 0) is 70.1 Å². The molecule has 194 valence electrons. The highest BCUT2D eigenvalue weighted by molar-refractivity contribution is 14.1. The van der Waals surface area contributed by atoms with Crippen LogP contribution in [0.25, 0.3) is 22.2 Å². The van der Waals surface area contributed by atoms with Gasteiger partial charge < -0.3 is 9.47 Å². The number of pyridine rings is 1. The maximum Gasteiger partial charge on any atom is 0.272 e. The van der Waals surface area contributed by atoms with Gasteiger partial charge in [0.25, 0.3) is 5.91 Å². The van der Waals surface area contributed by atoms with Gasteiger partial charge in [0.05, 0.1) is 33.7 Å². The van der Waals surface area contributed by atoms with Crippen molar-refractivity contribution in [1.82, 2.24) is 10.4 Å². The molecule has 4 aromatic carbocycles. The zero-order chi connectivity index (χ0) is 27.2. The first kappa shape index (κ1) is 26.6. The van der Waals surface area contributed by atoms with Crippen molar-refractivity contribution in [2.24, 2.45) is 5.10 Å². The number of amides is 1. The third-order valence-corrected chi connectivity index (χ3v) is 6.97. The monoisotopic (exact) mass is 647 g/mol. The summed E-state index contributed by atoms with van der Waals surface area (Å²) in [5.41, 5.74) is 7.24. The largest absolute Gasteiger partial charge is 0.493 e. The lowest BCUT2D eigenvalue weighted by Gasteiger charge is -2.14. The molecule has 0 saturated heterocycles. The van der Waals surface area contributed by atoms with Crippen molar-refractivity contribution in [3.05, 3.63) is 122 Å². The average Bonchev–Trinajstić information content (AvgIpc) is 2.96. The van der Waals surface area contributed by atoms with E-state index >= 15 is 0 Å². The Balaban J connectivity index is 1.35. The summed E-state index contributed by atoms with van der Waals surface area (Å²) in [6.07, 6.45) is 1.57. The molecule has 6 nitrogen and oxygen atoms in total. The van der Waals surface area contributed by atoms with Gasteiger partial charge >= 0.3 is 0 Å². The molecule has 8 heteroatoms. The fourth-order valence-corrected chi connectivity index (χ4v) is 5.08. The smallest absolute Gasteiger partial charge is 0.272 e. The summed E-state index contributed by atoms with van der Waals surface area (Å²) in [5.74, 6) is 0.852. The van der Waals surface area contributed by atoms with Crippen LogP contribution in [0.3, 0.4) is 0 Å². The van der Waals surface area contributed by atoms with Gasteiger partial charge in [0.15, 0.2) is 11.5 Å². The lowest BCUT2D eigenvalue weighted by atomic mass is 10.0. The van der Waals surface area contributed by atoms with Crippen LogP contribution in [-0.2, 0) is 6.61 Å². The molecule has 1 amide bonds. The second-order valence-corrected chi connectivity index (χ2v) is 10.2. The number of aromatic nitrogens is 1. The molecule has 0 radical (unpaired) electrons. The van der Waals surface area contributed by atoms with Gasteiger partial charge in [-0.2, -0.15) is 5.10 Å². The number of hydrazone groups is 1. The molecule has 39 heavy (non-hydrogen) atoms. The third-order valence-electron chi connectivity index (χ3n) is 5.93. The highest BCUT2D eigenvalue weighted by Crippen LogP contribution is 2.34. The molecule has 5 aromatic rings. The number of nitrogens with zero attached hydrogens (tertiary/aromatic N) is 2. The van der Waals surface area contributed by atoms with Crippen LogP contribution in [0, 0.1) is 3.57 Å². The van der Waals surface area contributed by atoms with E-state index in [1.165, 1.54) is 0 Å². The summed E-state index contributed by atoms with van der Waals surface area (Å²) >= 11 is 8.27. The molecule has 1 N–H and O–H groups in total. The summed E-state index contributed by atoms with van der Waals surface area (Å²) in [6.45, 7) is 0.348. The fraction of sp³-hybridized carbons (Fsp3) is 0.0645. The van der Waals surface area contributed by atoms with Crippen molar-refractivity contribution in [2.45, 2.75) is 6.61 Å². The van der Waals surface area contributed by atoms with Gasteiger partial charge in [-0.25, -0.2) is 10.4 Å². The Morgan fingerprint density at radius 1 is 1.00 bits per heavy atom. The predicted octanol–water partition coefficient (Wildman–Crippen LogP) is 7.51. The maximum atomic E-state index is 13.2. The Morgan fingerprint density at radius 3 is 2.59 bits per heavy atom. The highest BCUT2D eigenvalue weighted by Gasteiger charge is 2.14. The van der Waals surface area contributed by atoms with E-state index in [4.69, 9.17) is 26.1 Å². The van der Waals surface area contributed by atoms with Gasteiger partial charge in [-0.3, -0.25) is 4.79 Å². The van der Waals surface area contributed by atoms with E-state index < -0.39 is 0 Å². The molecule has 0 fully saturated rings. The number of hydrogen-bond donors (Lipinski definition) is 1. The summed E-state index contributed by atoms with van der Waals surface area (Å²) in [7, 11) is 1.58. The van der Waals surface area contributed by atoms with Crippen LogP contribution >= 0.6 is 34.2 Å². The molecule has 0 aliphatic carbocycles. The van der Waals surface area contributed by atoms with Crippen molar-refractivity contribution >= 4 is 57.2 Å². The number of fused-ring (bicyclic) bond motifs is 1. The van der Waals surface area contributed by atoms with Gasteiger partial charge in [-0.15, -0.1) is 0 Å². The van der Waals surface area contributed by atoms with E-state index in [9.17, 15) is 4.79 Å². The van der Waals surface area contributed by atoms with Crippen LogP contribution in [0.5, 0.6) is 11.5 Å². The fourth-order valence-electron chi connectivity index (χ4n) is 4.08. The topological polar surface area (TPSA) is 72.8 Å². The Hall–Kier alpha value is -3.95. The Labute approximate surface area is 244 Å². The zero-order valence-electron chi connectivity index (χ0n) is 20.9. The number of rotatable bonds is 8. The Kier molecular flexibility index (Phi) is 8.39. The van der Waals surface area contributed by atoms with E-state index in [1.807, 2.05) is 84.9 Å². The van der Waals surface area contributed by atoms with E-state index in [-0.39, 0.29) is 5.91 Å². The standard InChI is InChI=1S/C31H23ClIN3O3/c1-38-29-16-21(15-26(33)30(29)39-19-20-8-7-11-23(32)14-20)18-34-36-31(37)25-17-28(22-9-3-2-4-10-22)35-27-13-6-5-12-24(25)27/h2-18H,19H2,1H3,(H,36,37)/b34-18-. The van der Waals surface area contributed by atoms with Crippen molar-refractivity contribution in [2.75, 3.05) is 7.11 Å². The number of hydrogen-bond acceptors (Lipinski definition) is 5. The molecule has 0 unspecified atom stereocenters. The van der Waals surface area contributed by atoms with Crippen molar-refractivity contribution in [1.29, 1.82) is 0 Å². The van der Waals surface area contributed by atoms with E-state index in [2.05, 4.69) is 33.1 Å². The molecule has 1 aromatic heterocycles. The first-order valence-corrected chi connectivity index (χ1v) is 13.5. The highest BCUT2D eigenvalue weighted by atomic mass is 127. The lowest BCUT2D eigenvalue weighted by Crippen LogP contribution is -2.18. The molecule has 0 atom stereocenters. The van der Waals surface area contributed by atoms with Gasteiger partial charge in [-0.1, -0.05) is 72.3 Å². The number of halogens is 2. The van der Waals surface area contributed by atoms with Crippen molar-refractivity contribution in [3.63, 3.8) is 0 Å². The van der Waals surface area contributed by atoms with E-state index in [0.29, 0.717) is 28.7 Å². The minimum Gasteiger partial charge on any atom is -0.493 e. The molecule has 0 aliphatic rings. The summed E-state index contributed by atoms with van der Waals surface area (Å²) in [4.78, 5) is 18.0. The van der Waals surface area contributed by atoms with Gasteiger partial charge in [0, 0.05) is 16.0 Å². The van der Waals surface area contributed by atoms with Crippen LogP contribution in [0.2, 0.25) is 5.02 Å². The Bertz CT molecular complexity index is 1680. The Morgan fingerprint density at radius 2 is 1.79 bits per heavy atom. The van der Waals surface area contributed by atoms with Crippen LogP contribution in [-0.4, -0.2) is 24.2 Å². The van der Waals surface area contributed by atoms with Gasteiger partial charge in [0.1, 0.15) is 6.61 Å². The second-order valence-electron chi connectivity index (χ2n) is 8.59. The SMILES string of the molecule is COc1cc(/C=N\NC(=O)c2cc(-c3ccccc3)nc3ccccc23)cc(I)c1OCc1cccc(Cl)c1. The molecule has 0 bridgehead atoms. The van der Waals surface area contributed by atoms with Crippen LogP contribution in [0.15, 0.2) is 102 Å². The number of nitrogens with one attached hydrogen (secondary N) is 1. The van der Waals surface area contributed by atoms with Crippen LogP contribution in [0.1, 0.15) is 21.5 Å². The third kappa shape index (κ3) is 6.38. The number of carbonyl (C=O) groups is 1. The minimum absolute atomic E-state index is 0.329.